The minimum atomic E-state index is -0.145. The van der Waals surface area contributed by atoms with Crippen molar-refractivity contribution in [2.45, 2.75) is 13.1 Å². The van der Waals surface area contributed by atoms with Gasteiger partial charge >= 0.3 is 0 Å². The van der Waals surface area contributed by atoms with Gasteiger partial charge in [0.15, 0.2) is 0 Å². The van der Waals surface area contributed by atoms with E-state index in [1.807, 2.05) is 30.3 Å². The first-order valence-corrected chi connectivity index (χ1v) is 10.0. The molecule has 0 saturated carbocycles. The maximum absolute atomic E-state index is 12.6. The predicted octanol–water partition coefficient (Wildman–Crippen LogP) is 4.79. The molecular formula is C23H20BrN3O2. The molecule has 0 aliphatic heterocycles. The van der Waals surface area contributed by atoms with Crippen LogP contribution >= 0.6 is 15.9 Å². The molecule has 1 heterocycles. The zero-order valence-corrected chi connectivity index (χ0v) is 17.5. The number of benzene rings is 3. The number of nitrogens with one attached hydrogen (secondary N) is 1. The molecule has 0 fully saturated rings. The summed E-state index contributed by atoms with van der Waals surface area (Å²) in [5.74, 6) is 1.39. The number of rotatable bonds is 6. The standard InChI is InChI=1S/C23H20BrN3O2/c1-29-19-11-9-17(10-12-19)23(28)25-14-22-26-20-7-2-3-8-21(20)27(22)15-16-5-4-6-18(24)13-16/h2-13H,14-15H2,1H3,(H,25,28). The minimum absolute atomic E-state index is 0.145. The van der Waals surface area contributed by atoms with Crippen LogP contribution in [0.5, 0.6) is 5.75 Å². The maximum atomic E-state index is 12.6. The fourth-order valence-electron chi connectivity index (χ4n) is 3.26. The summed E-state index contributed by atoms with van der Waals surface area (Å²) in [6, 6.07) is 23.3. The van der Waals surface area contributed by atoms with Crippen molar-refractivity contribution in [3.63, 3.8) is 0 Å². The quantitative estimate of drug-likeness (QED) is 0.460. The fraction of sp³-hybridized carbons (Fsp3) is 0.130. The van der Waals surface area contributed by atoms with Gasteiger partial charge in [0.05, 0.1) is 24.7 Å². The zero-order chi connectivity index (χ0) is 20.2. The average Bonchev–Trinajstić information content (AvgIpc) is 3.09. The molecule has 146 valence electrons. The molecule has 0 aliphatic rings. The van der Waals surface area contributed by atoms with E-state index in [-0.39, 0.29) is 5.91 Å². The number of carbonyl (C=O) groups is 1. The van der Waals surface area contributed by atoms with E-state index in [2.05, 4.69) is 44.0 Å². The van der Waals surface area contributed by atoms with E-state index >= 15 is 0 Å². The van der Waals surface area contributed by atoms with Crippen molar-refractivity contribution in [1.82, 2.24) is 14.9 Å². The Morgan fingerprint density at radius 2 is 1.86 bits per heavy atom. The Kier molecular flexibility index (Phi) is 5.62. The van der Waals surface area contributed by atoms with Crippen molar-refractivity contribution in [2.24, 2.45) is 0 Å². The van der Waals surface area contributed by atoms with Crippen molar-refractivity contribution in [3.05, 3.63) is 94.2 Å². The molecule has 1 N–H and O–H groups in total. The normalized spacial score (nSPS) is 10.8. The van der Waals surface area contributed by atoms with Crippen LogP contribution in [0.4, 0.5) is 0 Å². The van der Waals surface area contributed by atoms with Gasteiger partial charge in [-0.2, -0.15) is 0 Å². The van der Waals surface area contributed by atoms with Gasteiger partial charge in [-0.1, -0.05) is 40.2 Å². The van der Waals surface area contributed by atoms with Crippen LogP contribution in [0.3, 0.4) is 0 Å². The van der Waals surface area contributed by atoms with E-state index in [0.29, 0.717) is 18.7 Å². The highest BCUT2D eigenvalue weighted by Gasteiger charge is 2.13. The predicted molar refractivity (Wildman–Crippen MR) is 117 cm³/mol. The van der Waals surface area contributed by atoms with Crippen molar-refractivity contribution in [3.8, 4) is 5.75 Å². The second-order valence-electron chi connectivity index (χ2n) is 6.64. The van der Waals surface area contributed by atoms with Crippen molar-refractivity contribution < 1.29 is 9.53 Å². The molecule has 0 saturated heterocycles. The van der Waals surface area contributed by atoms with Crippen LogP contribution in [0.2, 0.25) is 0 Å². The summed E-state index contributed by atoms with van der Waals surface area (Å²) in [4.78, 5) is 17.3. The van der Waals surface area contributed by atoms with Crippen LogP contribution in [0.1, 0.15) is 21.7 Å². The van der Waals surface area contributed by atoms with Crippen LogP contribution in [-0.4, -0.2) is 22.6 Å². The average molecular weight is 450 g/mol. The molecule has 0 spiro atoms. The molecule has 5 nitrogen and oxygen atoms in total. The molecule has 4 rings (SSSR count). The molecule has 0 atom stereocenters. The summed E-state index contributed by atoms with van der Waals surface area (Å²) in [5, 5.41) is 2.98. The van der Waals surface area contributed by atoms with Gasteiger partial charge < -0.3 is 14.6 Å². The van der Waals surface area contributed by atoms with Crippen molar-refractivity contribution in [1.29, 1.82) is 0 Å². The van der Waals surface area contributed by atoms with E-state index in [4.69, 9.17) is 9.72 Å². The maximum Gasteiger partial charge on any atom is 0.251 e. The number of carbonyl (C=O) groups excluding carboxylic acids is 1. The number of methoxy groups -OCH3 is 1. The Bertz CT molecular complexity index is 1150. The Balaban J connectivity index is 1.58. The second kappa shape index (κ2) is 8.49. The summed E-state index contributed by atoms with van der Waals surface area (Å²) in [6.45, 7) is 1.02. The van der Waals surface area contributed by atoms with Gasteiger partial charge in [-0.05, 0) is 54.1 Å². The molecule has 4 aromatic rings. The van der Waals surface area contributed by atoms with Gasteiger partial charge in [-0.3, -0.25) is 4.79 Å². The third kappa shape index (κ3) is 4.32. The number of hydrogen-bond donors (Lipinski definition) is 1. The molecular weight excluding hydrogens is 430 g/mol. The monoisotopic (exact) mass is 449 g/mol. The van der Waals surface area contributed by atoms with E-state index in [1.54, 1.807) is 31.4 Å². The van der Waals surface area contributed by atoms with E-state index in [9.17, 15) is 4.79 Å². The highest BCUT2D eigenvalue weighted by atomic mass is 79.9. The number of fused-ring (bicyclic) bond motifs is 1. The lowest BCUT2D eigenvalue weighted by molar-refractivity contribution is 0.0949. The molecule has 0 aliphatic carbocycles. The Hall–Kier alpha value is -3.12. The van der Waals surface area contributed by atoms with E-state index in [0.717, 1.165) is 32.6 Å². The van der Waals surface area contributed by atoms with Crippen LogP contribution in [0.25, 0.3) is 11.0 Å². The largest absolute Gasteiger partial charge is 0.497 e. The highest BCUT2D eigenvalue weighted by molar-refractivity contribution is 9.10. The molecule has 1 aromatic heterocycles. The van der Waals surface area contributed by atoms with Gasteiger partial charge in [-0.15, -0.1) is 0 Å². The fourth-order valence-corrected chi connectivity index (χ4v) is 3.71. The Labute approximate surface area is 177 Å². The summed E-state index contributed by atoms with van der Waals surface area (Å²) in [5.41, 5.74) is 3.70. The highest BCUT2D eigenvalue weighted by Crippen LogP contribution is 2.20. The van der Waals surface area contributed by atoms with Gasteiger partial charge in [-0.25, -0.2) is 4.98 Å². The number of imidazole rings is 1. The molecule has 1 amide bonds. The van der Waals surface area contributed by atoms with E-state index < -0.39 is 0 Å². The molecule has 3 aromatic carbocycles. The summed E-state index contributed by atoms with van der Waals surface area (Å²) in [6.07, 6.45) is 0. The third-order valence-electron chi connectivity index (χ3n) is 4.72. The molecule has 6 heteroatoms. The molecule has 0 radical (unpaired) electrons. The van der Waals surface area contributed by atoms with Crippen LogP contribution < -0.4 is 10.1 Å². The lowest BCUT2D eigenvalue weighted by atomic mass is 10.2. The first-order valence-electron chi connectivity index (χ1n) is 9.25. The van der Waals surface area contributed by atoms with Crippen molar-refractivity contribution >= 4 is 32.9 Å². The summed E-state index contributed by atoms with van der Waals surface area (Å²) < 4.78 is 8.32. The Morgan fingerprint density at radius 3 is 2.62 bits per heavy atom. The van der Waals surface area contributed by atoms with Gasteiger partial charge in [0.2, 0.25) is 0 Å². The SMILES string of the molecule is COc1ccc(C(=O)NCc2nc3ccccc3n2Cc2cccc(Br)c2)cc1. The minimum Gasteiger partial charge on any atom is -0.497 e. The van der Waals surface area contributed by atoms with Crippen LogP contribution in [0, 0.1) is 0 Å². The number of amides is 1. The third-order valence-corrected chi connectivity index (χ3v) is 5.22. The summed E-state index contributed by atoms with van der Waals surface area (Å²) in [7, 11) is 1.60. The van der Waals surface area contributed by atoms with Crippen LogP contribution in [-0.2, 0) is 13.1 Å². The summed E-state index contributed by atoms with van der Waals surface area (Å²) >= 11 is 3.53. The topological polar surface area (TPSA) is 56.1 Å². The Morgan fingerprint density at radius 1 is 1.07 bits per heavy atom. The van der Waals surface area contributed by atoms with Crippen LogP contribution in [0.15, 0.2) is 77.3 Å². The van der Waals surface area contributed by atoms with Crippen molar-refractivity contribution in [2.75, 3.05) is 7.11 Å². The van der Waals surface area contributed by atoms with Gasteiger partial charge in [0, 0.05) is 16.6 Å². The zero-order valence-electron chi connectivity index (χ0n) is 15.9. The van der Waals surface area contributed by atoms with E-state index in [1.165, 1.54) is 0 Å². The van der Waals surface area contributed by atoms with Gasteiger partial charge in [0.1, 0.15) is 11.6 Å². The second-order valence-corrected chi connectivity index (χ2v) is 7.56. The first kappa shape index (κ1) is 19.2. The smallest absolute Gasteiger partial charge is 0.251 e. The number of hydrogen-bond acceptors (Lipinski definition) is 3. The molecule has 0 unspecified atom stereocenters. The number of aromatic nitrogens is 2. The number of ether oxygens (including phenoxy) is 1. The number of nitrogens with zero attached hydrogens (tertiary/aromatic N) is 2. The van der Waals surface area contributed by atoms with Gasteiger partial charge in [0.25, 0.3) is 5.91 Å². The molecule has 0 bridgehead atoms. The molecule has 29 heavy (non-hydrogen) atoms. The number of halogens is 1. The lowest BCUT2D eigenvalue weighted by Crippen LogP contribution is -2.24. The number of para-hydroxylation sites is 2. The first-order chi connectivity index (χ1) is 14.1. The lowest BCUT2D eigenvalue weighted by Gasteiger charge is -2.11.